The number of amides is 1. The van der Waals surface area contributed by atoms with Crippen molar-refractivity contribution in [1.29, 1.82) is 0 Å². The van der Waals surface area contributed by atoms with E-state index in [-0.39, 0.29) is 5.91 Å². The highest BCUT2D eigenvalue weighted by Crippen LogP contribution is 2.35. The van der Waals surface area contributed by atoms with Gasteiger partial charge < -0.3 is 10.2 Å². The van der Waals surface area contributed by atoms with Crippen molar-refractivity contribution < 1.29 is 9.63 Å². The van der Waals surface area contributed by atoms with Gasteiger partial charge in [0.2, 0.25) is 5.91 Å². The van der Waals surface area contributed by atoms with Crippen molar-refractivity contribution in [3.05, 3.63) is 28.8 Å². The largest absolute Gasteiger partial charge is 0.396 e. The van der Waals surface area contributed by atoms with E-state index >= 15 is 0 Å². The van der Waals surface area contributed by atoms with Crippen LogP contribution in [0.5, 0.6) is 0 Å². The molecule has 0 bridgehead atoms. The van der Waals surface area contributed by atoms with E-state index in [0.29, 0.717) is 23.0 Å². The van der Waals surface area contributed by atoms with E-state index in [2.05, 4.69) is 10.5 Å². The minimum atomic E-state index is -0.743. The molecular formula is C13H15ClN2O2. The Morgan fingerprint density at radius 1 is 1.44 bits per heavy atom. The maximum absolute atomic E-state index is 12.1. The van der Waals surface area contributed by atoms with Gasteiger partial charge in [-0.25, -0.2) is 0 Å². The zero-order valence-corrected chi connectivity index (χ0v) is 11.3. The molecule has 1 N–H and O–H groups in total. The molecular weight excluding hydrogens is 252 g/mol. The fourth-order valence-corrected chi connectivity index (χ4v) is 2.01. The number of fused-ring (bicyclic) bond motifs is 1. The molecule has 0 fully saturated rings. The summed E-state index contributed by atoms with van der Waals surface area (Å²) in [5.74, 6) is -0.101. The number of carbonyl (C=O) groups excluding carboxylic acids is 1. The zero-order valence-electron chi connectivity index (χ0n) is 10.6. The van der Waals surface area contributed by atoms with E-state index in [1.165, 1.54) is 0 Å². The first-order chi connectivity index (χ1) is 8.46. The highest BCUT2D eigenvalue weighted by atomic mass is 35.5. The van der Waals surface area contributed by atoms with Crippen LogP contribution in [0.1, 0.15) is 26.3 Å². The first-order valence-electron chi connectivity index (χ1n) is 5.78. The molecule has 0 saturated carbocycles. The molecule has 0 saturated heterocycles. The normalized spacial score (nSPS) is 19.3. The third kappa shape index (κ3) is 2.08. The quantitative estimate of drug-likeness (QED) is 0.837. The summed E-state index contributed by atoms with van der Waals surface area (Å²) >= 11 is 6.00. The van der Waals surface area contributed by atoms with Gasteiger partial charge in [-0.15, -0.1) is 0 Å². The second-order valence-electron chi connectivity index (χ2n) is 4.63. The summed E-state index contributed by atoms with van der Waals surface area (Å²) in [6.07, 6.45) is 0. The summed E-state index contributed by atoms with van der Waals surface area (Å²) in [7, 11) is 0. The molecule has 0 aliphatic carbocycles. The Morgan fingerprint density at radius 2 is 2.17 bits per heavy atom. The molecule has 0 spiro atoms. The van der Waals surface area contributed by atoms with Crippen LogP contribution in [-0.2, 0) is 9.63 Å². The van der Waals surface area contributed by atoms with E-state index in [0.717, 1.165) is 5.56 Å². The van der Waals surface area contributed by atoms with E-state index in [9.17, 15) is 4.79 Å². The van der Waals surface area contributed by atoms with E-state index in [1.807, 2.05) is 20.8 Å². The number of halogens is 1. The third-order valence-electron chi connectivity index (χ3n) is 2.93. The molecule has 0 unspecified atom stereocenters. The molecule has 0 radical (unpaired) electrons. The Bertz CT molecular complexity index is 524. The SMILES string of the molecule is CCON=C1c2cc(Cl)ccc2NC(=O)C1(C)C. The maximum Gasteiger partial charge on any atom is 0.236 e. The van der Waals surface area contributed by atoms with Crippen molar-refractivity contribution in [2.45, 2.75) is 20.8 Å². The molecule has 1 aromatic carbocycles. The number of carbonyl (C=O) groups is 1. The molecule has 96 valence electrons. The van der Waals surface area contributed by atoms with Gasteiger partial charge in [-0.1, -0.05) is 16.8 Å². The number of oxime groups is 1. The van der Waals surface area contributed by atoms with Crippen molar-refractivity contribution in [2.24, 2.45) is 10.6 Å². The van der Waals surface area contributed by atoms with Crippen LogP contribution in [0, 0.1) is 5.41 Å². The number of hydrogen-bond donors (Lipinski definition) is 1. The fraction of sp³-hybridized carbons (Fsp3) is 0.385. The minimum absolute atomic E-state index is 0.101. The molecule has 5 heteroatoms. The van der Waals surface area contributed by atoms with Crippen LogP contribution in [-0.4, -0.2) is 18.2 Å². The van der Waals surface area contributed by atoms with Crippen molar-refractivity contribution in [2.75, 3.05) is 11.9 Å². The van der Waals surface area contributed by atoms with Crippen molar-refractivity contribution >= 4 is 28.9 Å². The Balaban J connectivity index is 2.59. The van der Waals surface area contributed by atoms with E-state index in [4.69, 9.17) is 16.4 Å². The summed E-state index contributed by atoms with van der Waals surface area (Å²) in [5, 5.41) is 7.54. The molecule has 1 aliphatic heterocycles. The lowest BCUT2D eigenvalue weighted by Gasteiger charge is -2.31. The minimum Gasteiger partial charge on any atom is -0.396 e. The molecule has 2 rings (SSSR count). The smallest absolute Gasteiger partial charge is 0.236 e. The lowest BCUT2D eigenvalue weighted by atomic mass is 9.79. The Labute approximate surface area is 111 Å². The van der Waals surface area contributed by atoms with Gasteiger partial charge in [0.05, 0.1) is 11.1 Å². The number of nitrogens with zero attached hydrogens (tertiary/aromatic N) is 1. The Kier molecular flexibility index (Phi) is 3.30. The molecule has 1 amide bonds. The fourth-order valence-electron chi connectivity index (χ4n) is 1.84. The van der Waals surface area contributed by atoms with Gasteiger partial charge in [0, 0.05) is 10.6 Å². The molecule has 18 heavy (non-hydrogen) atoms. The van der Waals surface area contributed by atoms with Gasteiger partial charge >= 0.3 is 0 Å². The third-order valence-corrected chi connectivity index (χ3v) is 3.16. The van der Waals surface area contributed by atoms with E-state index in [1.54, 1.807) is 18.2 Å². The zero-order chi connectivity index (χ0) is 13.3. The number of nitrogens with one attached hydrogen (secondary N) is 1. The number of hydrogen-bond acceptors (Lipinski definition) is 3. The number of rotatable bonds is 2. The lowest BCUT2D eigenvalue weighted by Crippen LogP contribution is -2.43. The van der Waals surface area contributed by atoms with Gasteiger partial charge in [-0.3, -0.25) is 4.79 Å². The van der Waals surface area contributed by atoms with Crippen molar-refractivity contribution in [3.63, 3.8) is 0 Å². The first kappa shape index (κ1) is 12.9. The van der Waals surface area contributed by atoms with Gasteiger partial charge in [0.15, 0.2) is 0 Å². The van der Waals surface area contributed by atoms with Crippen LogP contribution < -0.4 is 5.32 Å². The van der Waals surface area contributed by atoms with E-state index < -0.39 is 5.41 Å². The lowest BCUT2D eigenvalue weighted by molar-refractivity contribution is -0.121. The molecule has 0 atom stereocenters. The Hall–Kier alpha value is -1.55. The molecule has 0 aromatic heterocycles. The average Bonchev–Trinajstić information content (AvgIpc) is 2.31. The van der Waals surface area contributed by atoms with Crippen LogP contribution in [0.2, 0.25) is 5.02 Å². The van der Waals surface area contributed by atoms with Crippen LogP contribution >= 0.6 is 11.6 Å². The predicted molar refractivity (Wildman–Crippen MR) is 72.0 cm³/mol. The highest BCUT2D eigenvalue weighted by molar-refractivity contribution is 6.32. The van der Waals surface area contributed by atoms with Crippen LogP contribution in [0.3, 0.4) is 0 Å². The van der Waals surface area contributed by atoms with Crippen molar-refractivity contribution in [3.8, 4) is 0 Å². The number of anilines is 1. The Morgan fingerprint density at radius 3 is 2.83 bits per heavy atom. The van der Waals surface area contributed by atoms with Crippen molar-refractivity contribution in [1.82, 2.24) is 0 Å². The summed E-state index contributed by atoms with van der Waals surface area (Å²) in [5.41, 5.74) is 1.38. The standard InChI is InChI=1S/C13H15ClN2O2/c1-4-18-16-11-9-7-8(14)5-6-10(9)15-12(17)13(11,2)3/h5-7H,4H2,1-3H3,(H,15,17). The summed E-state index contributed by atoms with van der Waals surface area (Å²) in [6.45, 7) is 5.92. The average molecular weight is 267 g/mol. The first-order valence-corrected chi connectivity index (χ1v) is 6.16. The summed E-state index contributed by atoms with van der Waals surface area (Å²) in [4.78, 5) is 17.2. The maximum atomic E-state index is 12.1. The predicted octanol–water partition coefficient (Wildman–Crippen LogP) is 3.06. The monoisotopic (exact) mass is 266 g/mol. The molecule has 1 aromatic rings. The second-order valence-corrected chi connectivity index (χ2v) is 5.06. The van der Waals surface area contributed by atoms with Crippen LogP contribution in [0.4, 0.5) is 5.69 Å². The summed E-state index contributed by atoms with van der Waals surface area (Å²) < 4.78 is 0. The van der Waals surface area contributed by atoms with Gasteiger partial charge in [-0.2, -0.15) is 0 Å². The van der Waals surface area contributed by atoms with Gasteiger partial charge in [-0.05, 0) is 39.0 Å². The van der Waals surface area contributed by atoms with Crippen LogP contribution in [0.15, 0.2) is 23.4 Å². The highest BCUT2D eigenvalue weighted by Gasteiger charge is 2.40. The van der Waals surface area contributed by atoms with Crippen LogP contribution in [0.25, 0.3) is 0 Å². The molecule has 1 heterocycles. The topological polar surface area (TPSA) is 50.7 Å². The summed E-state index contributed by atoms with van der Waals surface area (Å²) in [6, 6.07) is 5.29. The second kappa shape index (κ2) is 4.61. The molecule has 4 nitrogen and oxygen atoms in total. The molecule has 1 aliphatic rings. The number of benzene rings is 1. The van der Waals surface area contributed by atoms with Gasteiger partial charge in [0.1, 0.15) is 12.3 Å². The van der Waals surface area contributed by atoms with Gasteiger partial charge in [0.25, 0.3) is 0 Å².